The Kier molecular flexibility index (Phi) is 4.36. The van der Waals surface area contributed by atoms with Crippen LogP contribution >= 0.6 is 11.6 Å². The summed E-state index contributed by atoms with van der Waals surface area (Å²) in [4.78, 5) is 12.6. The molecule has 0 atom stereocenters. The first-order chi connectivity index (χ1) is 11.8. The van der Waals surface area contributed by atoms with Crippen LogP contribution in [0.1, 0.15) is 0 Å². The van der Waals surface area contributed by atoms with Gasteiger partial charge in [-0.3, -0.25) is 4.79 Å². The van der Waals surface area contributed by atoms with Crippen molar-refractivity contribution in [2.75, 3.05) is 6.26 Å². The van der Waals surface area contributed by atoms with E-state index < -0.39 is 21.1 Å². The molecule has 6 nitrogen and oxygen atoms in total. The normalized spacial score (nSPS) is 11.4. The molecule has 0 bridgehead atoms. The van der Waals surface area contributed by atoms with E-state index in [1.54, 1.807) is 24.3 Å². The Morgan fingerprint density at radius 1 is 1.12 bits per heavy atom. The van der Waals surface area contributed by atoms with Gasteiger partial charge in [-0.2, -0.15) is 9.78 Å². The molecule has 1 N–H and O–H groups in total. The molecule has 0 amide bonds. The highest BCUT2D eigenvalue weighted by Crippen LogP contribution is 2.26. The van der Waals surface area contributed by atoms with Crippen LogP contribution in [0.15, 0.2) is 64.4 Å². The lowest BCUT2D eigenvalue weighted by molar-refractivity contribution is 0.461. The summed E-state index contributed by atoms with van der Waals surface area (Å²) in [5.74, 6) is -0.484. The molecule has 0 saturated heterocycles. The Bertz CT molecular complexity index is 1110. The van der Waals surface area contributed by atoms with E-state index in [1.165, 1.54) is 30.5 Å². The number of aromatic hydroxyl groups is 1. The zero-order chi connectivity index (χ0) is 18.2. The fourth-order valence-electron chi connectivity index (χ4n) is 2.33. The number of benzene rings is 2. The molecule has 1 heterocycles. The van der Waals surface area contributed by atoms with Gasteiger partial charge in [-0.05, 0) is 35.9 Å². The second kappa shape index (κ2) is 6.34. The third-order valence-corrected chi connectivity index (χ3v) is 4.96. The molecule has 128 valence electrons. The van der Waals surface area contributed by atoms with Gasteiger partial charge in [-0.15, -0.1) is 0 Å². The van der Waals surface area contributed by atoms with Crippen molar-refractivity contribution in [2.24, 2.45) is 0 Å². The van der Waals surface area contributed by atoms with Crippen molar-refractivity contribution in [3.05, 3.63) is 70.1 Å². The number of sulfone groups is 1. The van der Waals surface area contributed by atoms with E-state index in [4.69, 9.17) is 11.6 Å². The standard InChI is InChI=1S/C17H13ClN2O4S/c1-25(23,24)14-7-5-11(6-8-14)15-10-19-20(17(22)16(15)21)13-4-2-3-12(18)9-13/h2-10,21H,1H3. The van der Waals surface area contributed by atoms with Crippen molar-refractivity contribution in [3.63, 3.8) is 0 Å². The van der Waals surface area contributed by atoms with Crippen molar-refractivity contribution in [3.8, 4) is 22.6 Å². The van der Waals surface area contributed by atoms with Gasteiger partial charge in [0.2, 0.25) is 0 Å². The lowest BCUT2D eigenvalue weighted by Crippen LogP contribution is -2.20. The fraction of sp³-hybridized carbons (Fsp3) is 0.0588. The van der Waals surface area contributed by atoms with Crippen LogP contribution in [0.2, 0.25) is 5.02 Å². The minimum atomic E-state index is -3.32. The molecule has 0 fully saturated rings. The van der Waals surface area contributed by atoms with Crippen molar-refractivity contribution in [1.82, 2.24) is 9.78 Å². The summed E-state index contributed by atoms with van der Waals surface area (Å²) in [7, 11) is -3.32. The van der Waals surface area contributed by atoms with Crippen LogP contribution in [-0.4, -0.2) is 29.6 Å². The van der Waals surface area contributed by atoms with Crippen LogP contribution in [0.25, 0.3) is 16.8 Å². The number of halogens is 1. The highest BCUT2D eigenvalue weighted by atomic mass is 35.5. The Balaban J connectivity index is 2.08. The summed E-state index contributed by atoms with van der Waals surface area (Å²) < 4.78 is 24.0. The summed E-state index contributed by atoms with van der Waals surface area (Å²) in [6.07, 6.45) is 2.44. The van der Waals surface area contributed by atoms with Gasteiger partial charge in [0.05, 0.1) is 16.8 Å². The van der Waals surface area contributed by atoms with Crippen LogP contribution in [0.3, 0.4) is 0 Å². The smallest absolute Gasteiger partial charge is 0.314 e. The lowest BCUT2D eigenvalue weighted by atomic mass is 10.1. The molecule has 0 aliphatic heterocycles. The van der Waals surface area contributed by atoms with E-state index in [1.807, 2.05) is 0 Å². The average Bonchev–Trinajstić information content (AvgIpc) is 2.56. The van der Waals surface area contributed by atoms with Gasteiger partial charge in [-0.1, -0.05) is 29.8 Å². The van der Waals surface area contributed by atoms with Crippen LogP contribution in [-0.2, 0) is 9.84 Å². The Morgan fingerprint density at radius 2 is 1.80 bits per heavy atom. The third-order valence-electron chi connectivity index (χ3n) is 3.60. The maximum atomic E-state index is 12.4. The second-order valence-corrected chi connectivity index (χ2v) is 7.85. The summed E-state index contributed by atoms with van der Waals surface area (Å²) in [6.45, 7) is 0. The quantitative estimate of drug-likeness (QED) is 0.759. The largest absolute Gasteiger partial charge is 0.503 e. The van der Waals surface area contributed by atoms with E-state index in [2.05, 4.69) is 5.10 Å². The van der Waals surface area contributed by atoms with E-state index >= 15 is 0 Å². The zero-order valence-electron chi connectivity index (χ0n) is 13.0. The minimum Gasteiger partial charge on any atom is -0.503 e. The Hall–Kier alpha value is -2.64. The molecule has 0 spiro atoms. The average molecular weight is 377 g/mol. The number of aromatic nitrogens is 2. The van der Waals surface area contributed by atoms with E-state index in [0.29, 0.717) is 16.3 Å². The SMILES string of the molecule is CS(=O)(=O)c1ccc(-c2cnn(-c3cccc(Cl)c3)c(=O)c2O)cc1. The van der Waals surface area contributed by atoms with Crippen molar-refractivity contribution in [1.29, 1.82) is 0 Å². The summed E-state index contributed by atoms with van der Waals surface area (Å²) in [5.41, 5.74) is 0.412. The molecule has 0 aliphatic carbocycles. The first-order valence-corrected chi connectivity index (χ1v) is 9.42. The highest BCUT2D eigenvalue weighted by Gasteiger charge is 2.14. The molecule has 2 aromatic carbocycles. The number of nitrogens with zero attached hydrogens (tertiary/aromatic N) is 2. The fourth-order valence-corrected chi connectivity index (χ4v) is 3.14. The zero-order valence-corrected chi connectivity index (χ0v) is 14.6. The molecule has 8 heteroatoms. The van der Waals surface area contributed by atoms with Crippen LogP contribution in [0, 0.1) is 0 Å². The maximum absolute atomic E-state index is 12.4. The van der Waals surface area contributed by atoms with E-state index in [9.17, 15) is 18.3 Å². The summed E-state index contributed by atoms with van der Waals surface area (Å²) >= 11 is 5.91. The minimum absolute atomic E-state index is 0.149. The van der Waals surface area contributed by atoms with Crippen molar-refractivity contribution < 1.29 is 13.5 Å². The van der Waals surface area contributed by atoms with Crippen LogP contribution < -0.4 is 5.56 Å². The lowest BCUT2D eigenvalue weighted by Gasteiger charge is -2.09. The molecular formula is C17H13ClN2O4S. The maximum Gasteiger partial charge on any atom is 0.314 e. The van der Waals surface area contributed by atoms with Gasteiger partial charge < -0.3 is 5.11 Å². The second-order valence-electron chi connectivity index (χ2n) is 5.40. The molecule has 0 unspecified atom stereocenters. The molecule has 25 heavy (non-hydrogen) atoms. The molecular weight excluding hydrogens is 364 g/mol. The summed E-state index contributed by atoms with van der Waals surface area (Å²) in [5, 5.41) is 14.8. The van der Waals surface area contributed by atoms with Crippen molar-refractivity contribution in [2.45, 2.75) is 4.90 Å². The predicted octanol–water partition coefficient (Wildman–Crippen LogP) is 2.66. The topological polar surface area (TPSA) is 89.3 Å². The highest BCUT2D eigenvalue weighted by molar-refractivity contribution is 7.90. The third kappa shape index (κ3) is 3.42. The van der Waals surface area contributed by atoms with E-state index in [0.717, 1.165) is 10.9 Å². The Morgan fingerprint density at radius 3 is 2.40 bits per heavy atom. The predicted molar refractivity (Wildman–Crippen MR) is 95.1 cm³/mol. The number of hydrogen-bond donors (Lipinski definition) is 1. The van der Waals surface area contributed by atoms with Gasteiger partial charge in [0.15, 0.2) is 15.6 Å². The molecule has 0 aliphatic rings. The molecule has 3 rings (SSSR count). The molecule has 0 radical (unpaired) electrons. The monoisotopic (exact) mass is 376 g/mol. The van der Waals surface area contributed by atoms with Crippen LogP contribution in [0.4, 0.5) is 0 Å². The number of rotatable bonds is 3. The summed E-state index contributed by atoms with van der Waals surface area (Å²) in [6, 6.07) is 12.4. The number of hydrogen-bond acceptors (Lipinski definition) is 5. The van der Waals surface area contributed by atoms with Gasteiger partial charge in [0.1, 0.15) is 0 Å². The van der Waals surface area contributed by atoms with E-state index in [-0.39, 0.29) is 10.5 Å². The van der Waals surface area contributed by atoms with Gasteiger partial charge >= 0.3 is 5.56 Å². The molecule has 0 saturated carbocycles. The molecule has 3 aromatic rings. The van der Waals surface area contributed by atoms with Crippen LogP contribution in [0.5, 0.6) is 5.75 Å². The molecule has 1 aromatic heterocycles. The van der Waals surface area contributed by atoms with Gasteiger partial charge in [0.25, 0.3) is 0 Å². The van der Waals surface area contributed by atoms with Gasteiger partial charge in [-0.25, -0.2) is 8.42 Å². The first kappa shape index (κ1) is 17.2. The first-order valence-electron chi connectivity index (χ1n) is 7.15. The van der Waals surface area contributed by atoms with Gasteiger partial charge in [0, 0.05) is 16.8 Å². The van der Waals surface area contributed by atoms with Crippen molar-refractivity contribution >= 4 is 21.4 Å². The Labute approximate surface area is 148 Å².